The maximum atomic E-state index is 13.6. The molecular weight excluding hydrogens is 576 g/mol. The van der Waals surface area contributed by atoms with E-state index in [0.717, 1.165) is 17.5 Å². The molecule has 228 valence electrons. The van der Waals surface area contributed by atoms with Gasteiger partial charge in [0.1, 0.15) is 23.9 Å². The van der Waals surface area contributed by atoms with Gasteiger partial charge < -0.3 is 36.6 Å². The Kier molecular flexibility index (Phi) is 6.75. The quantitative estimate of drug-likeness (QED) is 0.158. The summed E-state index contributed by atoms with van der Waals surface area (Å²) >= 11 is 6.13. The molecule has 2 aromatic rings. The number of aliphatic imine (C=N–C) groups is 1. The summed E-state index contributed by atoms with van der Waals surface area (Å²) in [5.41, 5.74) is 13.0. The van der Waals surface area contributed by atoms with Crippen molar-refractivity contribution in [3.63, 3.8) is 0 Å². The van der Waals surface area contributed by atoms with Gasteiger partial charge >= 0.3 is 5.96 Å². The molecule has 4 aliphatic rings. The molecule has 1 saturated heterocycles. The van der Waals surface area contributed by atoms with Crippen LogP contribution in [0.15, 0.2) is 41.4 Å². The predicted octanol–water partition coefficient (Wildman–Crippen LogP) is -0.787. The Bertz CT molecular complexity index is 1570. The van der Waals surface area contributed by atoms with Crippen LogP contribution in [0.1, 0.15) is 52.1 Å². The van der Waals surface area contributed by atoms with Crippen LogP contribution < -0.4 is 37.5 Å². The average Bonchev–Trinajstić information content (AvgIpc) is 3.40. The number of nitrogens with one attached hydrogen (secondary N) is 4. The SMILES string of the molecule is Cc1cc(Cl)cc(C(=O)NC[C@@H]2NC(N)=[N+]3CC(NC(=O)c4cccc5c4OCCC5(C)C)C(O)(O)[C@@]34NC(N)=N[C@@H]24)c1. The van der Waals surface area contributed by atoms with Crippen molar-refractivity contribution in [3.05, 3.63) is 63.7 Å². The number of amides is 2. The molecule has 2 aromatic carbocycles. The van der Waals surface area contributed by atoms with E-state index in [1.165, 1.54) is 4.58 Å². The first-order valence-electron chi connectivity index (χ1n) is 14.1. The Hall–Kier alpha value is -4.07. The number of rotatable bonds is 5. The predicted molar refractivity (Wildman–Crippen MR) is 159 cm³/mol. The van der Waals surface area contributed by atoms with E-state index < -0.39 is 35.5 Å². The highest BCUT2D eigenvalue weighted by Gasteiger charge is 2.75. The first kappa shape index (κ1) is 29.0. The third-order valence-corrected chi connectivity index (χ3v) is 9.14. The fourth-order valence-electron chi connectivity index (χ4n) is 6.68. The maximum absolute atomic E-state index is 13.6. The third-order valence-electron chi connectivity index (χ3n) is 8.92. The van der Waals surface area contributed by atoms with Crippen molar-refractivity contribution in [2.24, 2.45) is 16.5 Å². The molecule has 1 spiro atoms. The molecule has 0 bridgehead atoms. The lowest BCUT2D eigenvalue weighted by molar-refractivity contribution is -0.623. The number of para-hydroxylation sites is 1. The lowest BCUT2D eigenvalue weighted by atomic mass is 9.79. The largest absolute Gasteiger partial charge is 0.492 e. The number of aliphatic hydroxyl groups is 2. The van der Waals surface area contributed by atoms with Crippen LogP contribution in [0.4, 0.5) is 0 Å². The van der Waals surface area contributed by atoms with Crippen LogP contribution in [0.5, 0.6) is 5.75 Å². The van der Waals surface area contributed by atoms with Gasteiger partial charge in [-0.1, -0.05) is 37.6 Å². The minimum Gasteiger partial charge on any atom is -0.492 e. The number of hydrogen-bond acceptors (Lipinski definition) is 10. The van der Waals surface area contributed by atoms with Gasteiger partial charge in [-0.15, -0.1) is 0 Å². The summed E-state index contributed by atoms with van der Waals surface area (Å²) in [6, 6.07) is 7.54. The molecule has 2 amide bonds. The molecule has 0 radical (unpaired) electrons. The summed E-state index contributed by atoms with van der Waals surface area (Å²) in [5, 5.41) is 35.7. The summed E-state index contributed by atoms with van der Waals surface area (Å²) in [6.45, 7) is 6.41. The van der Waals surface area contributed by atoms with Gasteiger partial charge in [-0.2, -0.15) is 0 Å². The average molecular weight is 612 g/mol. The van der Waals surface area contributed by atoms with Gasteiger partial charge in [0.05, 0.1) is 25.3 Å². The van der Waals surface area contributed by atoms with Crippen molar-refractivity contribution in [2.75, 3.05) is 19.7 Å². The van der Waals surface area contributed by atoms with Crippen LogP contribution in [0.25, 0.3) is 0 Å². The summed E-state index contributed by atoms with van der Waals surface area (Å²) < 4.78 is 7.41. The van der Waals surface area contributed by atoms with Gasteiger partial charge in [0.25, 0.3) is 11.8 Å². The number of nitrogens with zero attached hydrogens (tertiary/aromatic N) is 2. The second-order valence-corrected chi connectivity index (χ2v) is 12.7. The number of aryl methyl sites for hydroxylation is 1. The Labute approximate surface area is 253 Å². The Morgan fingerprint density at radius 2 is 1.98 bits per heavy atom. The molecule has 6 rings (SSSR count). The highest BCUT2D eigenvalue weighted by Crippen LogP contribution is 2.43. The minimum absolute atomic E-state index is 0.0141. The number of ether oxygens (including phenoxy) is 1. The van der Waals surface area contributed by atoms with Gasteiger partial charge in [-0.25, -0.2) is 9.57 Å². The molecule has 13 nitrogen and oxygen atoms in total. The highest BCUT2D eigenvalue weighted by atomic mass is 35.5. The Morgan fingerprint density at radius 1 is 1.21 bits per heavy atom. The maximum Gasteiger partial charge on any atom is 0.346 e. The molecule has 43 heavy (non-hydrogen) atoms. The molecular formula is C29H36ClN8O5+. The number of carbonyl (C=O) groups is 2. The third kappa shape index (κ3) is 4.53. The summed E-state index contributed by atoms with van der Waals surface area (Å²) in [7, 11) is 0. The molecule has 4 heterocycles. The molecule has 4 aliphatic heterocycles. The van der Waals surface area contributed by atoms with Crippen molar-refractivity contribution >= 4 is 35.3 Å². The normalized spacial score (nSPS) is 27.9. The minimum atomic E-state index is -2.61. The number of fused-ring (bicyclic) bond motifs is 1. The molecule has 10 N–H and O–H groups in total. The first-order valence-corrected chi connectivity index (χ1v) is 14.5. The lowest BCUT2D eigenvalue weighted by Gasteiger charge is -2.43. The van der Waals surface area contributed by atoms with Crippen molar-refractivity contribution in [1.29, 1.82) is 0 Å². The van der Waals surface area contributed by atoms with Crippen molar-refractivity contribution < 1.29 is 29.1 Å². The zero-order chi connectivity index (χ0) is 30.9. The van der Waals surface area contributed by atoms with Gasteiger partial charge in [0.15, 0.2) is 5.96 Å². The van der Waals surface area contributed by atoms with E-state index in [4.69, 9.17) is 27.8 Å². The summed E-state index contributed by atoms with van der Waals surface area (Å²) in [5.74, 6) is -2.98. The standard InChI is InChI=1S/C29H35ClN8O5/c1-14-9-15(11-16(30)10-14)23(39)33-12-19-22-28(37-25(31)36-22)29(41,42)20(13-38(28)26(32)34-19)35-24(40)17-5-4-6-18-21(17)43-8-7-27(18,2)3/h4-6,9-11,19-20,22,41-42H,7-8,12-13H2,1-3H3,(H7,31,32,33,34,35,36,37,39,40)/p+1/t19-,20?,22-,28-/m0/s1. The zero-order valence-corrected chi connectivity index (χ0v) is 24.8. The monoisotopic (exact) mass is 611 g/mol. The molecule has 4 atom stereocenters. The van der Waals surface area contributed by atoms with Crippen LogP contribution in [-0.4, -0.2) is 87.8 Å². The lowest BCUT2D eigenvalue weighted by Crippen LogP contribution is -2.79. The van der Waals surface area contributed by atoms with E-state index in [9.17, 15) is 19.8 Å². The number of benzene rings is 2. The van der Waals surface area contributed by atoms with Crippen molar-refractivity contribution in [2.45, 2.75) is 62.2 Å². The van der Waals surface area contributed by atoms with Crippen LogP contribution in [-0.2, 0) is 5.41 Å². The fraction of sp³-hybridized carbons (Fsp3) is 0.448. The number of guanidine groups is 2. The molecule has 1 unspecified atom stereocenters. The van der Waals surface area contributed by atoms with E-state index in [1.807, 2.05) is 13.0 Å². The number of nitrogens with two attached hydrogens (primary N) is 2. The van der Waals surface area contributed by atoms with E-state index in [0.29, 0.717) is 28.5 Å². The van der Waals surface area contributed by atoms with E-state index >= 15 is 0 Å². The molecule has 0 aliphatic carbocycles. The van der Waals surface area contributed by atoms with Crippen LogP contribution in [0.2, 0.25) is 5.02 Å². The Balaban J connectivity index is 1.26. The van der Waals surface area contributed by atoms with Crippen molar-refractivity contribution in [1.82, 2.24) is 21.3 Å². The van der Waals surface area contributed by atoms with Crippen LogP contribution in [0, 0.1) is 6.92 Å². The van der Waals surface area contributed by atoms with E-state index in [1.54, 1.807) is 30.3 Å². The molecule has 0 saturated carbocycles. The Morgan fingerprint density at radius 3 is 2.72 bits per heavy atom. The number of halogens is 1. The van der Waals surface area contributed by atoms with Crippen LogP contribution >= 0.6 is 11.6 Å². The second kappa shape index (κ2) is 10.00. The second-order valence-electron chi connectivity index (χ2n) is 12.2. The number of carbonyl (C=O) groups excluding carboxylic acids is 2. The zero-order valence-electron chi connectivity index (χ0n) is 24.1. The fourth-order valence-corrected chi connectivity index (χ4v) is 6.97. The smallest absolute Gasteiger partial charge is 0.346 e. The van der Waals surface area contributed by atoms with Crippen LogP contribution in [0.3, 0.4) is 0 Å². The van der Waals surface area contributed by atoms with Gasteiger partial charge in [0.2, 0.25) is 11.4 Å². The highest BCUT2D eigenvalue weighted by molar-refractivity contribution is 6.31. The summed E-state index contributed by atoms with van der Waals surface area (Å²) in [4.78, 5) is 31.0. The summed E-state index contributed by atoms with van der Waals surface area (Å²) in [6.07, 6.45) is 0.804. The topological polar surface area (TPSA) is 199 Å². The number of hydrogen-bond donors (Lipinski definition) is 8. The molecule has 0 aromatic heterocycles. The van der Waals surface area contributed by atoms with Gasteiger partial charge in [-0.05, 0) is 48.6 Å². The van der Waals surface area contributed by atoms with Gasteiger partial charge in [0, 0.05) is 16.1 Å². The first-order chi connectivity index (χ1) is 20.2. The van der Waals surface area contributed by atoms with E-state index in [2.05, 4.69) is 40.1 Å². The van der Waals surface area contributed by atoms with Crippen molar-refractivity contribution in [3.8, 4) is 5.75 Å². The van der Waals surface area contributed by atoms with E-state index in [-0.39, 0.29) is 36.3 Å². The van der Waals surface area contributed by atoms with Gasteiger partial charge in [-0.3, -0.25) is 20.6 Å². The molecule has 14 heteroatoms. The molecule has 1 fully saturated rings.